The van der Waals surface area contributed by atoms with E-state index in [1.165, 1.54) is 5.56 Å². The second-order valence-corrected chi connectivity index (χ2v) is 5.07. The molecule has 19 heavy (non-hydrogen) atoms. The summed E-state index contributed by atoms with van der Waals surface area (Å²) in [5.74, 6) is 0. The summed E-state index contributed by atoms with van der Waals surface area (Å²) in [6.07, 6.45) is 4.10. The van der Waals surface area contributed by atoms with Gasteiger partial charge in [0.2, 0.25) is 0 Å². The van der Waals surface area contributed by atoms with Crippen LogP contribution in [0, 0.1) is 0 Å². The van der Waals surface area contributed by atoms with E-state index in [-0.39, 0.29) is 0 Å². The highest BCUT2D eigenvalue weighted by atomic mass is 15.0. The van der Waals surface area contributed by atoms with Crippen molar-refractivity contribution in [1.29, 1.82) is 0 Å². The van der Waals surface area contributed by atoms with E-state index < -0.39 is 0 Å². The molecule has 2 heteroatoms. The lowest BCUT2D eigenvalue weighted by atomic mass is 10.1. The normalized spacial score (nSPS) is 14.0. The van der Waals surface area contributed by atoms with Gasteiger partial charge in [-0.25, -0.2) is 0 Å². The van der Waals surface area contributed by atoms with Crippen LogP contribution in [0.5, 0.6) is 0 Å². The van der Waals surface area contributed by atoms with E-state index in [0.717, 1.165) is 18.5 Å². The van der Waals surface area contributed by atoms with Gasteiger partial charge < -0.3 is 5.32 Å². The number of hydrogen-bond acceptors (Lipinski definition) is 2. The van der Waals surface area contributed by atoms with Crippen molar-refractivity contribution in [2.24, 2.45) is 0 Å². The molecule has 2 nitrogen and oxygen atoms in total. The van der Waals surface area contributed by atoms with Crippen LogP contribution in [0.1, 0.15) is 37.6 Å². The third-order valence-corrected chi connectivity index (χ3v) is 3.37. The van der Waals surface area contributed by atoms with Gasteiger partial charge in [0, 0.05) is 18.3 Å². The minimum absolute atomic E-state index is 0.298. The van der Waals surface area contributed by atoms with Crippen LogP contribution >= 0.6 is 0 Å². The highest BCUT2D eigenvalue weighted by Gasteiger charge is 2.09. The molecule has 1 aromatic carbocycles. The van der Waals surface area contributed by atoms with Crippen molar-refractivity contribution >= 4 is 0 Å². The van der Waals surface area contributed by atoms with Crippen LogP contribution in [0.25, 0.3) is 0 Å². The first-order valence-corrected chi connectivity index (χ1v) is 6.96. The Morgan fingerprint density at radius 2 is 1.74 bits per heavy atom. The van der Waals surface area contributed by atoms with Crippen LogP contribution in [0.3, 0.4) is 0 Å². The van der Waals surface area contributed by atoms with Crippen molar-refractivity contribution in [2.45, 2.75) is 38.8 Å². The van der Waals surface area contributed by atoms with Gasteiger partial charge in [-0.15, -0.1) is 0 Å². The van der Waals surface area contributed by atoms with E-state index in [9.17, 15) is 0 Å². The van der Waals surface area contributed by atoms with Crippen LogP contribution < -0.4 is 5.32 Å². The first kappa shape index (κ1) is 13.8. The number of rotatable bonds is 6. The number of hydrogen-bond donors (Lipinski definition) is 1. The Hall–Kier alpha value is -1.67. The molecule has 2 rings (SSSR count). The minimum Gasteiger partial charge on any atom is -0.306 e. The van der Waals surface area contributed by atoms with Crippen molar-refractivity contribution < 1.29 is 0 Å². The Morgan fingerprint density at radius 1 is 1.00 bits per heavy atom. The average molecular weight is 254 g/mol. The molecule has 0 bridgehead atoms. The largest absolute Gasteiger partial charge is 0.306 e. The summed E-state index contributed by atoms with van der Waals surface area (Å²) in [4.78, 5) is 4.39. The summed E-state index contributed by atoms with van der Waals surface area (Å²) in [6.45, 7) is 4.41. The molecule has 0 fully saturated rings. The molecule has 0 saturated carbocycles. The van der Waals surface area contributed by atoms with E-state index in [2.05, 4.69) is 60.5 Å². The molecule has 1 N–H and O–H groups in total. The molecule has 0 aliphatic rings. The van der Waals surface area contributed by atoms with Crippen molar-refractivity contribution in [2.75, 3.05) is 0 Å². The topological polar surface area (TPSA) is 24.9 Å². The van der Waals surface area contributed by atoms with E-state index in [0.29, 0.717) is 12.1 Å². The molecule has 0 aliphatic heterocycles. The zero-order chi connectivity index (χ0) is 13.5. The molecular weight excluding hydrogens is 232 g/mol. The molecule has 0 radical (unpaired) electrons. The van der Waals surface area contributed by atoms with Gasteiger partial charge in [-0.2, -0.15) is 0 Å². The Labute approximate surface area is 115 Å². The lowest BCUT2D eigenvalue weighted by Crippen LogP contribution is -2.29. The number of benzene rings is 1. The summed E-state index contributed by atoms with van der Waals surface area (Å²) < 4.78 is 0. The third-order valence-electron chi connectivity index (χ3n) is 3.37. The van der Waals surface area contributed by atoms with Gasteiger partial charge in [0.1, 0.15) is 0 Å². The lowest BCUT2D eigenvalue weighted by molar-refractivity contribution is 0.450. The monoisotopic (exact) mass is 254 g/mol. The molecule has 2 atom stereocenters. The van der Waals surface area contributed by atoms with Crippen molar-refractivity contribution in [3.63, 3.8) is 0 Å². The van der Waals surface area contributed by atoms with Gasteiger partial charge in [-0.05, 0) is 44.4 Å². The van der Waals surface area contributed by atoms with E-state index in [1.807, 2.05) is 18.3 Å². The van der Waals surface area contributed by atoms with Crippen molar-refractivity contribution in [3.05, 3.63) is 66.0 Å². The minimum atomic E-state index is 0.298. The molecule has 0 amide bonds. The molecule has 1 unspecified atom stereocenters. The second kappa shape index (κ2) is 7.05. The Balaban J connectivity index is 1.80. The van der Waals surface area contributed by atoms with Crippen molar-refractivity contribution in [1.82, 2.24) is 10.3 Å². The standard InChI is InChI=1S/C17H22N2/c1-14(11-12-16-8-4-3-5-9-16)19-15(2)17-10-6-7-13-18-17/h3-10,13-15,19H,11-12H2,1-2H3/t14?,15-/m1/s1. The fourth-order valence-corrected chi connectivity index (χ4v) is 2.26. The summed E-state index contributed by atoms with van der Waals surface area (Å²) in [6, 6.07) is 17.5. The van der Waals surface area contributed by atoms with Crippen molar-refractivity contribution in [3.8, 4) is 0 Å². The Kier molecular flexibility index (Phi) is 5.10. The maximum Gasteiger partial charge on any atom is 0.0570 e. The van der Waals surface area contributed by atoms with E-state index in [4.69, 9.17) is 0 Å². The van der Waals surface area contributed by atoms with Gasteiger partial charge in [0.15, 0.2) is 0 Å². The van der Waals surface area contributed by atoms with Crippen LogP contribution in [0.15, 0.2) is 54.7 Å². The molecule has 0 saturated heterocycles. The van der Waals surface area contributed by atoms with Gasteiger partial charge in [-0.3, -0.25) is 4.98 Å². The molecule has 1 heterocycles. The van der Waals surface area contributed by atoms with E-state index in [1.54, 1.807) is 0 Å². The van der Waals surface area contributed by atoms with Gasteiger partial charge in [-0.1, -0.05) is 36.4 Å². The first-order chi connectivity index (χ1) is 9.25. The summed E-state index contributed by atoms with van der Waals surface area (Å²) in [5.41, 5.74) is 2.51. The zero-order valence-corrected chi connectivity index (χ0v) is 11.7. The summed E-state index contributed by atoms with van der Waals surface area (Å²) >= 11 is 0. The van der Waals surface area contributed by atoms with Gasteiger partial charge in [0.05, 0.1) is 5.69 Å². The smallest absolute Gasteiger partial charge is 0.0570 e. The first-order valence-electron chi connectivity index (χ1n) is 6.96. The van der Waals surface area contributed by atoms with Gasteiger partial charge >= 0.3 is 0 Å². The molecule has 100 valence electrons. The molecule has 0 aliphatic carbocycles. The van der Waals surface area contributed by atoms with Gasteiger partial charge in [0.25, 0.3) is 0 Å². The maximum absolute atomic E-state index is 4.39. The molecule has 2 aromatic rings. The predicted molar refractivity (Wildman–Crippen MR) is 80.0 cm³/mol. The fourth-order valence-electron chi connectivity index (χ4n) is 2.26. The third kappa shape index (κ3) is 4.49. The Morgan fingerprint density at radius 3 is 2.42 bits per heavy atom. The van der Waals surface area contributed by atoms with Crippen LogP contribution in [-0.4, -0.2) is 11.0 Å². The predicted octanol–water partition coefficient (Wildman–Crippen LogP) is 3.75. The highest BCUT2D eigenvalue weighted by molar-refractivity contribution is 5.15. The SMILES string of the molecule is CC(CCc1ccccc1)N[C@H](C)c1ccccn1. The molecular formula is C17H22N2. The van der Waals surface area contributed by atoms with Crippen LogP contribution in [-0.2, 0) is 6.42 Å². The number of aryl methyl sites for hydroxylation is 1. The highest BCUT2D eigenvalue weighted by Crippen LogP contribution is 2.11. The summed E-state index contributed by atoms with van der Waals surface area (Å²) in [5, 5.41) is 3.60. The average Bonchev–Trinajstić information content (AvgIpc) is 2.47. The quantitative estimate of drug-likeness (QED) is 0.849. The lowest BCUT2D eigenvalue weighted by Gasteiger charge is -2.19. The van der Waals surface area contributed by atoms with Crippen LogP contribution in [0.4, 0.5) is 0 Å². The fraction of sp³-hybridized carbons (Fsp3) is 0.353. The summed E-state index contributed by atoms with van der Waals surface area (Å²) in [7, 11) is 0. The second-order valence-electron chi connectivity index (χ2n) is 5.07. The van der Waals surface area contributed by atoms with E-state index >= 15 is 0 Å². The number of nitrogens with zero attached hydrogens (tertiary/aromatic N) is 1. The number of nitrogens with one attached hydrogen (secondary N) is 1. The number of pyridine rings is 1. The maximum atomic E-state index is 4.39. The zero-order valence-electron chi connectivity index (χ0n) is 11.7. The molecule has 1 aromatic heterocycles. The Bertz CT molecular complexity index is 467. The number of aromatic nitrogens is 1. The molecule has 0 spiro atoms. The van der Waals surface area contributed by atoms with Crippen LogP contribution in [0.2, 0.25) is 0 Å².